The highest BCUT2D eigenvalue weighted by atomic mass is 16.1. The summed E-state index contributed by atoms with van der Waals surface area (Å²) in [5.74, 6) is 7.08. The van der Waals surface area contributed by atoms with Crippen molar-refractivity contribution in [3.05, 3.63) is 22.2 Å². The lowest BCUT2D eigenvalue weighted by atomic mass is 10.2. The molecule has 0 saturated carbocycles. The minimum atomic E-state index is -0.138. The molecular formula is C11H15N3O. The molecule has 0 atom stereocenters. The Morgan fingerprint density at radius 2 is 2.33 bits per heavy atom. The maximum absolute atomic E-state index is 11.3. The molecule has 0 bridgehead atoms. The monoisotopic (exact) mass is 205 g/mol. The summed E-state index contributed by atoms with van der Waals surface area (Å²) in [4.78, 5) is 18.2. The molecule has 2 N–H and O–H groups in total. The van der Waals surface area contributed by atoms with Gasteiger partial charge >= 0.3 is 0 Å². The second-order valence-corrected chi connectivity index (χ2v) is 3.45. The van der Waals surface area contributed by atoms with Crippen LogP contribution in [-0.2, 0) is 0 Å². The second kappa shape index (κ2) is 5.20. The zero-order valence-electron chi connectivity index (χ0n) is 9.22. The number of nitrogens with one attached hydrogen (secondary N) is 2. The van der Waals surface area contributed by atoms with Gasteiger partial charge in [-0.2, -0.15) is 0 Å². The molecule has 1 aromatic heterocycles. The Morgan fingerprint density at radius 3 is 2.93 bits per heavy atom. The number of H-pyrrole nitrogens is 1. The summed E-state index contributed by atoms with van der Waals surface area (Å²) >= 11 is 0. The Labute approximate surface area is 89.1 Å². The molecule has 4 nitrogen and oxygen atoms in total. The van der Waals surface area contributed by atoms with E-state index in [9.17, 15) is 4.79 Å². The highest BCUT2D eigenvalue weighted by molar-refractivity contribution is 5.35. The average molecular weight is 205 g/mol. The van der Waals surface area contributed by atoms with E-state index in [0.717, 1.165) is 0 Å². The van der Waals surface area contributed by atoms with Crippen LogP contribution in [0.5, 0.6) is 0 Å². The van der Waals surface area contributed by atoms with Crippen LogP contribution >= 0.6 is 0 Å². The molecular weight excluding hydrogens is 190 g/mol. The van der Waals surface area contributed by atoms with Gasteiger partial charge in [-0.25, -0.2) is 4.98 Å². The van der Waals surface area contributed by atoms with Gasteiger partial charge in [0.25, 0.3) is 5.56 Å². The van der Waals surface area contributed by atoms with Gasteiger partial charge in [-0.05, 0) is 6.92 Å². The highest BCUT2D eigenvalue weighted by Crippen LogP contribution is 2.08. The number of aromatic nitrogens is 2. The minimum Gasteiger partial charge on any atom is -0.359 e. The van der Waals surface area contributed by atoms with E-state index in [1.807, 2.05) is 13.8 Å². The summed E-state index contributed by atoms with van der Waals surface area (Å²) in [6.07, 6.45) is 0. The van der Waals surface area contributed by atoms with E-state index < -0.39 is 0 Å². The summed E-state index contributed by atoms with van der Waals surface area (Å²) in [6, 6.07) is 1.43. The van der Waals surface area contributed by atoms with Crippen LogP contribution in [0.3, 0.4) is 0 Å². The predicted molar refractivity (Wildman–Crippen MR) is 60.9 cm³/mol. The molecule has 0 spiro atoms. The van der Waals surface area contributed by atoms with E-state index in [0.29, 0.717) is 18.2 Å². The van der Waals surface area contributed by atoms with E-state index in [1.165, 1.54) is 6.07 Å². The van der Waals surface area contributed by atoms with Gasteiger partial charge in [-0.1, -0.05) is 19.8 Å². The molecule has 0 aliphatic rings. The maximum Gasteiger partial charge on any atom is 0.252 e. The minimum absolute atomic E-state index is 0.138. The fourth-order valence-corrected chi connectivity index (χ4v) is 1.06. The van der Waals surface area contributed by atoms with Crippen LogP contribution in [0, 0.1) is 11.8 Å². The molecule has 0 aliphatic heterocycles. The molecule has 0 saturated heterocycles. The molecule has 0 fully saturated rings. The summed E-state index contributed by atoms with van der Waals surface area (Å²) in [5.41, 5.74) is -0.138. The Morgan fingerprint density at radius 1 is 1.60 bits per heavy atom. The molecule has 1 heterocycles. The van der Waals surface area contributed by atoms with E-state index in [1.54, 1.807) is 6.92 Å². The van der Waals surface area contributed by atoms with Crippen molar-refractivity contribution in [2.24, 2.45) is 0 Å². The van der Waals surface area contributed by atoms with Crippen LogP contribution in [0.1, 0.15) is 32.5 Å². The van der Waals surface area contributed by atoms with Gasteiger partial charge in [0.2, 0.25) is 0 Å². The third-order valence-electron chi connectivity index (χ3n) is 1.84. The number of hydrogen-bond acceptors (Lipinski definition) is 3. The normalized spacial score (nSPS) is 9.60. The van der Waals surface area contributed by atoms with Gasteiger partial charge in [0.15, 0.2) is 0 Å². The predicted octanol–water partition coefficient (Wildman–Crippen LogP) is 1.33. The molecule has 0 aromatic carbocycles. The standard InChI is InChI=1S/C11H15N3O/c1-4-5-6-12-9-7-10(15)14-11(13-9)8(2)3/h7-8H,6H2,1-3H3,(H2,12,13,14,15). The van der Waals surface area contributed by atoms with Gasteiger partial charge in [-0.15, -0.1) is 5.92 Å². The van der Waals surface area contributed by atoms with Gasteiger partial charge < -0.3 is 10.3 Å². The van der Waals surface area contributed by atoms with E-state index >= 15 is 0 Å². The number of hydrogen-bond donors (Lipinski definition) is 2. The molecule has 15 heavy (non-hydrogen) atoms. The van der Waals surface area contributed by atoms with Crippen LogP contribution in [0.2, 0.25) is 0 Å². The lowest BCUT2D eigenvalue weighted by Crippen LogP contribution is -2.14. The van der Waals surface area contributed by atoms with Crippen molar-refractivity contribution >= 4 is 5.82 Å². The van der Waals surface area contributed by atoms with Crippen molar-refractivity contribution in [2.45, 2.75) is 26.7 Å². The third kappa shape index (κ3) is 3.47. The number of aromatic amines is 1. The Kier molecular flexibility index (Phi) is 3.92. The zero-order chi connectivity index (χ0) is 11.3. The Hall–Kier alpha value is -1.76. The second-order valence-electron chi connectivity index (χ2n) is 3.45. The van der Waals surface area contributed by atoms with Gasteiger partial charge in [0.05, 0.1) is 6.54 Å². The van der Waals surface area contributed by atoms with Gasteiger partial charge in [0.1, 0.15) is 11.6 Å². The maximum atomic E-state index is 11.3. The molecule has 0 radical (unpaired) electrons. The lowest BCUT2D eigenvalue weighted by molar-refractivity contribution is 0.768. The SMILES string of the molecule is CC#CCNc1cc(=O)[nH]c(C(C)C)n1. The molecule has 1 aromatic rings. The Balaban J connectivity index is 2.87. The third-order valence-corrected chi connectivity index (χ3v) is 1.84. The first kappa shape index (κ1) is 11.3. The summed E-state index contributed by atoms with van der Waals surface area (Å²) in [5, 5.41) is 2.98. The average Bonchev–Trinajstić information content (AvgIpc) is 2.17. The van der Waals surface area contributed by atoms with Crippen LogP contribution < -0.4 is 10.9 Å². The number of nitrogens with zero attached hydrogens (tertiary/aromatic N) is 1. The fourth-order valence-electron chi connectivity index (χ4n) is 1.06. The van der Waals surface area contributed by atoms with Crippen LogP contribution in [0.15, 0.2) is 10.9 Å². The Bertz CT molecular complexity index is 437. The lowest BCUT2D eigenvalue weighted by Gasteiger charge is -2.06. The van der Waals surface area contributed by atoms with Crippen molar-refractivity contribution in [3.63, 3.8) is 0 Å². The largest absolute Gasteiger partial charge is 0.359 e. The van der Waals surface area contributed by atoms with Crippen molar-refractivity contribution in [2.75, 3.05) is 11.9 Å². The molecule has 0 amide bonds. The molecule has 0 unspecified atom stereocenters. The first-order valence-corrected chi connectivity index (χ1v) is 4.88. The quantitative estimate of drug-likeness (QED) is 0.732. The van der Waals surface area contributed by atoms with Crippen LogP contribution in [-0.4, -0.2) is 16.5 Å². The van der Waals surface area contributed by atoms with Gasteiger partial charge in [0, 0.05) is 12.0 Å². The van der Waals surface area contributed by atoms with Gasteiger partial charge in [-0.3, -0.25) is 4.79 Å². The fraction of sp³-hybridized carbons (Fsp3) is 0.455. The summed E-state index contributed by atoms with van der Waals surface area (Å²) in [6.45, 7) is 6.23. The zero-order valence-corrected chi connectivity index (χ0v) is 9.22. The molecule has 80 valence electrons. The summed E-state index contributed by atoms with van der Waals surface area (Å²) < 4.78 is 0. The van der Waals surface area contributed by atoms with Crippen molar-refractivity contribution in [1.82, 2.24) is 9.97 Å². The highest BCUT2D eigenvalue weighted by Gasteiger charge is 2.03. The first-order chi connectivity index (χ1) is 7.13. The smallest absolute Gasteiger partial charge is 0.252 e. The molecule has 4 heteroatoms. The number of rotatable bonds is 3. The van der Waals surface area contributed by atoms with E-state index in [2.05, 4.69) is 27.1 Å². The molecule has 1 rings (SSSR count). The first-order valence-electron chi connectivity index (χ1n) is 4.88. The topological polar surface area (TPSA) is 57.8 Å². The van der Waals surface area contributed by atoms with E-state index in [4.69, 9.17) is 0 Å². The molecule has 0 aliphatic carbocycles. The number of anilines is 1. The summed E-state index contributed by atoms with van der Waals surface area (Å²) in [7, 11) is 0. The van der Waals surface area contributed by atoms with Crippen LogP contribution in [0.25, 0.3) is 0 Å². The van der Waals surface area contributed by atoms with E-state index in [-0.39, 0.29) is 11.5 Å². The van der Waals surface area contributed by atoms with Crippen molar-refractivity contribution in [1.29, 1.82) is 0 Å². The van der Waals surface area contributed by atoms with Crippen molar-refractivity contribution in [3.8, 4) is 11.8 Å². The van der Waals surface area contributed by atoms with Crippen LogP contribution in [0.4, 0.5) is 5.82 Å². The van der Waals surface area contributed by atoms with Crippen molar-refractivity contribution < 1.29 is 0 Å².